The molecular weight excluding hydrogens is 501 g/mol. The first-order valence-corrected chi connectivity index (χ1v) is 12.0. The molecule has 2 aromatic carbocycles. The van der Waals surface area contributed by atoms with Crippen LogP contribution in [0.4, 0.5) is 8.63 Å². The van der Waals surface area contributed by atoms with E-state index in [0.29, 0.717) is 11.1 Å². The molecule has 0 aliphatic rings. The zero-order chi connectivity index (χ0) is 25.5. The van der Waals surface area contributed by atoms with E-state index in [0.717, 1.165) is 61.2 Å². The number of rotatable bonds is 9. The van der Waals surface area contributed by atoms with E-state index in [4.69, 9.17) is 10.5 Å². The third-order valence-corrected chi connectivity index (χ3v) is 6.33. The van der Waals surface area contributed by atoms with Gasteiger partial charge in [0.1, 0.15) is 16.6 Å². The summed E-state index contributed by atoms with van der Waals surface area (Å²) in [6.07, 6.45) is 10.1. The normalized spacial score (nSPS) is 11.8. The number of nitrogens with zero attached hydrogens (tertiary/aromatic N) is 2. The van der Waals surface area contributed by atoms with Gasteiger partial charge in [0.25, 0.3) is 0 Å². The van der Waals surface area contributed by atoms with Gasteiger partial charge in [-0.15, -0.1) is 0 Å². The Hall–Kier alpha value is -4.19. The van der Waals surface area contributed by atoms with Crippen LogP contribution in [0.1, 0.15) is 11.1 Å². The fourth-order valence-corrected chi connectivity index (χ4v) is 4.46. The summed E-state index contributed by atoms with van der Waals surface area (Å²) >= 11 is 2.04. The molecule has 0 bridgehead atoms. The summed E-state index contributed by atoms with van der Waals surface area (Å²) in [5.41, 5.74) is 3.08. The summed E-state index contributed by atoms with van der Waals surface area (Å²) in [6, 6.07) is 10.8. The van der Waals surface area contributed by atoms with Gasteiger partial charge in [-0.25, -0.2) is 8.63 Å². The molecule has 11 heteroatoms. The second-order valence-electron chi connectivity index (χ2n) is 7.30. The molecule has 0 saturated carbocycles. The highest BCUT2D eigenvalue weighted by atomic mass is 32.2. The number of hydrogen-bond donors (Lipinski definition) is 2. The number of carbonyl (C=O) groups is 1. The van der Waals surface area contributed by atoms with E-state index < -0.39 is 13.3 Å². The van der Waals surface area contributed by atoms with Gasteiger partial charge >= 0.3 is 7.47 Å². The maximum Gasteiger partial charge on any atom is 0.796 e. The van der Waals surface area contributed by atoms with Crippen molar-refractivity contribution in [3.8, 4) is 10.8 Å². The van der Waals surface area contributed by atoms with Gasteiger partial charge in [0.05, 0.1) is 0 Å². The monoisotopic (exact) mass is 516 g/mol. The highest BCUT2D eigenvalue weighted by Gasteiger charge is 2.18. The average molecular weight is 516 g/mol. The predicted molar refractivity (Wildman–Crippen MR) is 140 cm³/mol. The van der Waals surface area contributed by atoms with Crippen molar-refractivity contribution in [3.63, 3.8) is 0 Å². The van der Waals surface area contributed by atoms with E-state index in [1.807, 2.05) is 29.0 Å². The number of nitrogens with one attached hydrogen (secondary N) is 2. The first-order chi connectivity index (χ1) is 17.5. The number of H-pyrrole nitrogens is 2. The van der Waals surface area contributed by atoms with Crippen LogP contribution in [0.2, 0.25) is 0 Å². The summed E-state index contributed by atoms with van der Waals surface area (Å²) in [5, 5.41) is 23.6. The Balaban J connectivity index is 1.54. The molecule has 0 fully saturated rings. The lowest BCUT2D eigenvalue weighted by Gasteiger charge is -2.03. The van der Waals surface area contributed by atoms with Crippen molar-refractivity contribution in [2.45, 2.75) is 9.79 Å². The molecule has 0 unspecified atom stereocenters. The Morgan fingerprint density at radius 2 is 1.42 bits per heavy atom. The third-order valence-electron chi connectivity index (χ3n) is 5.04. The minimum atomic E-state index is -3.10. The number of benzene rings is 2. The van der Waals surface area contributed by atoms with E-state index >= 15 is 0 Å². The first-order valence-electron chi connectivity index (χ1n) is 10.4. The molecule has 0 radical (unpaired) electrons. The average Bonchev–Trinajstić information content (AvgIpc) is 3.45. The molecule has 4 rings (SSSR count). The van der Waals surface area contributed by atoms with Crippen LogP contribution in [0.15, 0.2) is 82.6 Å². The lowest BCUT2D eigenvalue weighted by molar-refractivity contribution is -0.110. The number of aromatic nitrogens is 2. The fourth-order valence-electron chi connectivity index (χ4n) is 3.47. The maximum absolute atomic E-state index is 12.9. The molecule has 0 aliphatic carbocycles. The second kappa shape index (κ2) is 11.5. The topological polar surface area (TPSA) is 105 Å². The van der Waals surface area contributed by atoms with Crippen LogP contribution in [0.3, 0.4) is 0 Å². The zero-order valence-electron chi connectivity index (χ0n) is 18.4. The number of halogens is 2. The Kier molecular flexibility index (Phi) is 7.96. The molecule has 0 spiro atoms. The number of aromatic amines is 2. The molecule has 6 nitrogen and oxygen atoms in total. The Morgan fingerprint density at radius 1 is 0.889 bits per heavy atom. The lowest BCUT2D eigenvalue weighted by Crippen LogP contribution is -2.04. The third kappa shape index (κ3) is 6.08. The predicted octanol–water partition coefficient (Wildman–Crippen LogP) is 6.92. The van der Waals surface area contributed by atoms with E-state index in [2.05, 4.69) is 14.6 Å². The van der Waals surface area contributed by atoms with Crippen LogP contribution in [-0.4, -0.2) is 23.2 Å². The van der Waals surface area contributed by atoms with Crippen LogP contribution < -0.4 is 0 Å². The molecule has 4 aromatic rings. The molecular formula is C25H15BF2N4O2S2. The number of fused-ring (bicyclic) bond motifs is 2. The number of allylic oxidation sites excluding steroid dienone is 3. The van der Waals surface area contributed by atoms with Crippen LogP contribution >= 0.6 is 23.5 Å². The summed E-state index contributed by atoms with van der Waals surface area (Å²) in [6.45, 7) is 0. The summed E-state index contributed by atoms with van der Waals surface area (Å²) in [7, 11) is -3.10. The van der Waals surface area contributed by atoms with Crippen molar-refractivity contribution in [2.75, 3.05) is 0 Å². The van der Waals surface area contributed by atoms with Gasteiger partial charge in [-0.1, -0.05) is 24.3 Å². The molecule has 176 valence electrons. The minimum Gasteiger partial charge on any atom is -0.505 e. The standard InChI is InChI=1S/C25H15BF2N4O2S2/c27-26(28)34-19(6-2-17-4-8-23-21(10-17)25(13-32-23)36-15-30)11-18(33)5-1-16-3-7-22-20(9-16)24(12-31-22)35-14-29/h1-13,31-32H/b5-1+,6-2+,19-11-. The molecule has 36 heavy (non-hydrogen) atoms. The van der Waals surface area contributed by atoms with E-state index in [-0.39, 0.29) is 5.76 Å². The van der Waals surface area contributed by atoms with Gasteiger partial charge in [-0.3, -0.25) is 4.79 Å². The largest absolute Gasteiger partial charge is 0.796 e. The highest BCUT2D eigenvalue weighted by Crippen LogP contribution is 2.29. The number of hydrogen-bond acceptors (Lipinski definition) is 6. The van der Waals surface area contributed by atoms with Crippen molar-refractivity contribution in [3.05, 3.63) is 83.9 Å². The van der Waals surface area contributed by atoms with Crippen molar-refractivity contribution in [1.29, 1.82) is 10.5 Å². The Labute approximate surface area is 213 Å². The van der Waals surface area contributed by atoms with Gasteiger partial charge in [0, 0.05) is 50.1 Å². The fraction of sp³-hybridized carbons (Fsp3) is 0. The number of ketones is 1. The SMILES string of the molecule is N#CSc1c[nH]c2ccc(/C=C/C(=O)/C=C(/C=C/c3ccc4[nH]cc(SC#N)c4c3)OB(F)F)cc12. The van der Waals surface area contributed by atoms with Crippen LogP contribution in [0.5, 0.6) is 0 Å². The highest BCUT2D eigenvalue weighted by molar-refractivity contribution is 8.04. The van der Waals surface area contributed by atoms with Crippen molar-refractivity contribution in [1.82, 2.24) is 9.97 Å². The molecule has 0 aliphatic heterocycles. The van der Waals surface area contributed by atoms with Crippen LogP contribution in [0, 0.1) is 21.3 Å². The van der Waals surface area contributed by atoms with Crippen molar-refractivity contribution < 1.29 is 18.1 Å². The maximum atomic E-state index is 12.9. The smallest absolute Gasteiger partial charge is 0.505 e. The first kappa shape index (κ1) is 24.9. The van der Waals surface area contributed by atoms with Gasteiger partial charge < -0.3 is 14.6 Å². The van der Waals surface area contributed by atoms with Gasteiger partial charge in [0.2, 0.25) is 0 Å². The molecule has 0 saturated heterocycles. The molecule has 2 aromatic heterocycles. The summed E-state index contributed by atoms with van der Waals surface area (Å²) in [5.74, 6) is -0.834. The Bertz CT molecular complexity index is 1610. The van der Waals surface area contributed by atoms with Gasteiger partial charge in [-0.05, 0) is 71.1 Å². The second-order valence-corrected chi connectivity index (χ2v) is 8.95. The number of thioether (sulfide) groups is 2. The zero-order valence-corrected chi connectivity index (χ0v) is 20.0. The van der Waals surface area contributed by atoms with Gasteiger partial charge in [0.15, 0.2) is 5.78 Å². The summed E-state index contributed by atoms with van der Waals surface area (Å²) in [4.78, 5) is 20.1. The minimum absolute atomic E-state index is 0.297. The number of carbonyl (C=O) groups excluding carboxylic acids is 1. The number of nitriles is 2. The quantitative estimate of drug-likeness (QED) is 0.0625. The van der Waals surface area contributed by atoms with Crippen molar-refractivity contribution >= 4 is 70.7 Å². The van der Waals surface area contributed by atoms with E-state index in [1.54, 1.807) is 42.7 Å². The van der Waals surface area contributed by atoms with Crippen LogP contribution in [0.25, 0.3) is 34.0 Å². The van der Waals surface area contributed by atoms with Crippen molar-refractivity contribution in [2.24, 2.45) is 0 Å². The van der Waals surface area contributed by atoms with E-state index in [1.165, 1.54) is 12.2 Å². The van der Waals surface area contributed by atoms with Crippen LogP contribution in [-0.2, 0) is 9.45 Å². The van der Waals surface area contributed by atoms with Gasteiger partial charge in [-0.2, -0.15) is 10.5 Å². The molecule has 2 heterocycles. The van der Waals surface area contributed by atoms with E-state index in [9.17, 15) is 13.4 Å². The summed E-state index contributed by atoms with van der Waals surface area (Å²) < 4.78 is 30.4. The number of thiocyanates is 2. The molecule has 0 amide bonds. The lowest BCUT2D eigenvalue weighted by atomic mass is 10.1. The molecule has 0 atom stereocenters. The Morgan fingerprint density at radius 3 is 1.92 bits per heavy atom. The molecule has 2 N–H and O–H groups in total.